The lowest BCUT2D eigenvalue weighted by Gasteiger charge is -2.17. The van der Waals surface area contributed by atoms with E-state index in [2.05, 4.69) is 6.92 Å². The molecular formula is C9H18O2. The van der Waals surface area contributed by atoms with Gasteiger partial charge in [0.15, 0.2) is 0 Å². The molecule has 0 amide bonds. The lowest BCUT2D eigenvalue weighted by Crippen LogP contribution is -2.24. The van der Waals surface area contributed by atoms with E-state index in [9.17, 15) is 0 Å². The molecule has 0 N–H and O–H groups in total. The molecule has 0 spiro atoms. The smallest absolute Gasteiger partial charge is 0.0839 e. The average molecular weight is 158 g/mol. The van der Waals surface area contributed by atoms with E-state index in [0.717, 1.165) is 25.4 Å². The summed E-state index contributed by atoms with van der Waals surface area (Å²) in [5, 5.41) is 0. The second kappa shape index (κ2) is 4.07. The molecule has 3 atom stereocenters. The molecule has 3 unspecified atom stereocenters. The van der Waals surface area contributed by atoms with E-state index in [1.807, 2.05) is 6.92 Å². The van der Waals surface area contributed by atoms with E-state index in [0.29, 0.717) is 12.2 Å². The van der Waals surface area contributed by atoms with Crippen LogP contribution in [0, 0.1) is 5.92 Å². The molecule has 1 aliphatic rings. The summed E-state index contributed by atoms with van der Waals surface area (Å²) in [5.41, 5.74) is 0. The van der Waals surface area contributed by atoms with Crippen molar-refractivity contribution in [3.63, 3.8) is 0 Å². The summed E-state index contributed by atoms with van der Waals surface area (Å²) < 4.78 is 10.9. The molecule has 1 fully saturated rings. The first-order chi connectivity index (χ1) is 5.27. The van der Waals surface area contributed by atoms with Crippen molar-refractivity contribution >= 4 is 0 Å². The summed E-state index contributed by atoms with van der Waals surface area (Å²) in [6.07, 6.45) is 3.00. The topological polar surface area (TPSA) is 18.5 Å². The van der Waals surface area contributed by atoms with E-state index in [-0.39, 0.29) is 0 Å². The van der Waals surface area contributed by atoms with Crippen molar-refractivity contribution in [1.29, 1.82) is 0 Å². The third kappa shape index (κ3) is 2.17. The van der Waals surface area contributed by atoms with Crippen molar-refractivity contribution in [2.75, 3.05) is 13.7 Å². The molecule has 0 radical (unpaired) electrons. The number of methoxy groups -OCH3 is 1. The maximum atomic E-state index is 5.55. The Labute approximate surface area is 68.9 Å². The highest BCUT2D eigenvalue weighted by Crippen LogP contribution is 2.29. The number of hydrogen-bond acceptors (Lipinski definition) is 2. The minimum absolute atomic E-state index is 0.338. The molecule has 66 valence electrons. The second-order valence-electron chi connectivity index (χ2n) is 3.34. The number of rotatable bonds is 3. The fraction of sp³-hybridized carbons (Fsp3) is 1.00. The van der Waals surface area contributed by atoms with Gasteiger partial charge in [0.1, 0.15) is 0 Å². The van der Waals surface area contributed by atoms with Gasteiger partial charge in [0.2, 0.25) is 0 Å². The average Bonchev–Trinajstić information content (AvgIpc) is 2.32. The Morgan fingerprint density at radius 2 is 1.91 bits per heavy atom. The molecular weight excluding hydrogens is 140 g/mol. The Bertz CT molecular complexity index is 114. The number of ether oxygens (including phenoxy) is 2. The van der Waals surface area contributed by atoms with Gasteiger partial charge in [-0.3, -0.25) is 0 Å². The molecule has 2 heteroatoms. The molecule has 0 heterocycles. The zero-order chi connectivity index (χ0) is 8.27. The Hall–Kier alpha value is -0.0800. The predicted molar refractivity (Wildman–Crippen MR) is 44.6 cm³/mol. The van der Waals surface area contributed by atoms with Crippen LogP contribution in [-0.4, -0.2) is 25.9 Å². The van der Waals surface area contributed by atoms with Gasteiger partial charge in [0.05, 0.1) is 12.2 Å². The molecule has 1 rings (SSSR count). The van der Waals surface area contributed by atoms with Crippen LogP contribution in [-0.2, 0) is 9.47 Å². The van der Waals surface area contributed by atoms with E-state index in [4.69, 9.17) is 9.47 Å². The number of hydrogen-bond donors (Lipinski definition) is 0. The Morgan fingerprint density at radius 3 is 2.45 bits per heavy atom. The molecule has 0 bridgehead atoms. The van der Waals surface area contributed by atoms with Crippen LogP contribution in [0.15, 0.2) is 0 Å². The molecule has 0 aromatic rings. The minimum Gasteiger partial charge on any atom is -0.379 e. The van der Waals surface area contributed by atoms with Gasteiger partial charge in [0.25, 0.3) is 0 Å². The largest absolute Gasteiger partial charge is 0.379 e. The van der Waals surface area contributed by atoms with Crippen LogP contribution >= 0.6 is 0 Å². The normalized spacial score (nSPS) is 37.9. The highest BCUT2D eigenvalue weighted by atomic mass is 16.5. The molecule has 11 heavy (non-hydrogen) atoms. The first-order valence-electron chi connectivity index (χ1n) is 4.42. The zero-order valence-electron chi connectivity index (χ0n) is 7.67. The van der Waals surface area contributed by atoms with Crippen molar-refractivity contribution in [3.05, 3.63) is 0 Å². The van der Waals surface area contributed by atoms with Gasteiger partial charge in [0, 0.05) is 13.7 Å². The quantitative estimate of drug-likeness (QED) is 0.624. The molecule has 2 nitrogen and oxygen atoms in total. The predicted octanol–water partition coefficient (Wildman–Crippen LogP) is 1.84. The summed E-state index contributed by atoms with van der Waals surface area (Å²) in [6.45, 7) is 5.10. The van der Waals surface area contributed by atoms with Crippen molar-refractivity contribution in [2.24, 2.45) is 5.92 Å². The first kappa shape index (κ1) is 9.01. The lowest BCUT2D eigenvalue weighted by atomic mass is 10.1. The Balaban J connectivity index is 2.37. The van der Waals surface area contributed by atoms with Gasteiger partial charge in [-0.05, 0) is 25.7 Å². The maximum absolute atomic E-state index is 5.55. The highest BCUT2D eigenvalue weighted by molar-refractivity contribution is 4.82. The monoisotopic (exact) mass is 158 g/mol. The van der Waals surface area contributed by atoms with Crippen LogP contribution < -0.4 is 0 Å². The van der Waals surface area contributed by atoms with Gasteiger partial charge in [-0.2, -0.15) is 0 Å². The zero-order valence-corrected chi connectivity index (χ0v) is 7.67. The van der Waals surface area contributed by atoms with Crippen LogP contribution in [0.2, 0.25) is 0 Å². The van der Waals surface area contributed by atoms with Crippen molar-refractivity contribution in [1.82, 2.24) is 0 Å². The summed E-state index contributed by atoms with van der Waals surface area (Å²) >= 11 is 0. The summed E-state index contributed by atoms with van der Waals surface area (Å²) in [4.78, 5) is 0. The van der Waals surface area contributed by atoms with Crippen LogP contribution in [0.5, 0.6) is 0 Å². The van der Waals surface area contributed by atoms with Crippen LogP contribution in [0.3, 0.4) is 0 Å². The van der Waals surface area contributed by atoms with E-state index in [1.54, 1.807) is 7.11 Å². The summed E-state index contributed by atoms with van der Waals surface area (Å²) in [6, 6.07) is 0. The van der Waals surface area contributed by atoms with Gasteiger partial charge in [-0.25, -0.2) is 0 Å². The molecule has 0 aliphatic heterocycles. The van der Waals surface area contributed by atoms with Crippen molar-refractivity contribution in [3.8, 4) is 0 Å². The lowest BCUT2D eigenvalue weighted by molar-refractivity contribution is -0.0337. The molecule has 1 aliphatic carbocycles. The van der Waals surface area contributed by atoms with Crippen LogP contribution in [0.25, 0.3) is 0 Å². The first-order valence-corrected chi connectivity index (χ1v) is 4.42. The van der Waals surface area contributed by atoms with Crippen molar-refractivity contribution < 1.29 is 9.47 Å². The van der Waals surface area contributed by atoms with E-state index >= 15 is 0 Å². The summed E-state index contributed by atoms with van der Waals surface area (Å²) in [7, 11) is 1.77. The molecule has 0 aromatic heterocycles. The van der Waals surface area contributed by atoms with Crippen molar-refractivity contribution in [2.45, 2.75) is 38.9 Å². The maximum Gasteiger partial charge on any atom is 0.0839 e. The van der Waals surface area contributed by atoms with Gasteiger partial charge in [-0.1, -0.05) is 6.92 Å². The van der Waals surface area contributed by atoms with Crippen LogP contribution in [0.4, 0.5) is 0 Å². The summed E-state index contributed by atoms with van der Waals surface area (Å²) in [5.74, 6) is 0.761. The van der Waals surface area contributed by atoms with Gasteiger partial charge in [-0.15, -0.1) is 0 Å². The molecule has 1 saturated carbocycles. The SMILES string of the molecule is CCOC1CC(C)CC1OC. The minimum atomic E-state index is 0.338. The Kier molecular flexibility index (Phi) is 3.34. The fourth-order valence-corrected chi connectivity index (χ4v) is 1.83. The van der Waals surface area contributed by atoms with Gasteiger partial charge >= 0.3 is 0 Å². The van der Waals surface area contributed by atoms with E-state index in [1.165, 1.54) is 0 Å². The van der Waals surface area contributed by atoms with Crippen LogP contribution in [0.1, 0.15) is 26.7 Å². The standard InChI is InChI=1S/C9H18O2/c1-4-11-9-6-7(2)5-8(9)10-3/h7-9H,4-6H2,1-3H3. The fourth-order valence-electron chi connectivity index (χ4n) is 1.83. The molecule has 0 saturated heterocycles. The Morgan fingerprint density at radius 1 is 1.27 bits per heavy atom. The second-order valence-corrected chi connectivity index (χ2v) is 3.34. The third-order valence-electron chi connectivity index (χ3n) is 2.37. The third-order valence-corrected chi connectivity index (χ3v) is 2.37. The highest BCUT2D eigenvalue weighted by Gasteiger charge is 2.32. The molecule has 0 aromatic carbocycles. The van der Waals surface area contributed by atoms with E-state index < -0.39 is 0 Å². The van der Waals surface area contributed by atoms with Gasteiger partial charge < -0.3 is 9.47 Å².